The second kappa shape index (κ2) is 12.0. The first-order chi connectivity index (χ1) is 15.8. The van der Waals surface area contributed by atoms with E-state index >= 15 is 0 Å². The Bertz CT molecular complexity index is 921. The minimum atomic E-state index is -0.612. The zero-order valence-electron chi connectivity index (χ0n) is 19.0. The first kappa shape index (κ1) is 25.1. The lowest BCUT2D eigenvalue weighted by molar-refractivity contribution is -0.123. The highest BCUT2D eigenvalue weighted by molar-refractivity contribution is 6.30. The fourth-order valence-electron chi connectivity index (χ4n) is 4.11. The van der Waals surface area contributed by atoms with E-state index in [0.717, 1.165) is 18.9 Å². The summed E-state index contributed by atoms with van der Waals surface area (Å²) in [6.07, 6.45) is 7.35. The number of hydrogen-bond acceptors (Lipinski definition) is 5. The van der Waals surface area contributed by atoms with Crippen LogP contribution in [0.1, 0.15) is 44.9 Å². The second-order valence-electron chi connectivity index (χ2n) is 8.43. The zero-order valence-corrected chi connectivity index (χ0v) is 19.8. The summed E-state index contributed by atoms with van der Waals surface area (Å²) in [6, 6.07) is 4.11. The summed E-state index contributed by atoms with van der Waals surface area (Å²) in [4.78, 5) is 24.4. The number of carbonyl (C=O) groups is 2. The van der Waals surface area contributed by atoms with Crippen LogP contribution < -0.4 is 20.8 Å². The van der Waals surface area contributed by atoms with E-state index in [9.17, 15) is 14.0 Å². The number of rotatable bonds is 9. The molecule has 0 bridgehead atoms. The summed E-state index contributed by atoms with van der Waals surface area (Å²) in [5.74, 6) is -0.991. The van der Waals surface area contributed by atoms with Gasteiger partial charge in [-0.05, 0) is 49.8 Å². The number of carbonyl (C=O) groups excluding carboxylic acids is 2. The smallest absolute Gasteiger partial charge is 0.257 e. The molecule has 1 aromatic rings. The monoisotopic (exact) mass is 478 g/mol. The van der Waals surface area contributed by atoms with E-state index in [4.69, 9.17) is 16.3 Å². The summed E-state index contributed by atoms with van der Waals surface area (Å²) in [6.45, 7) is 4.35. The van der Waals surface area contributed by atoms with Crippen LogP contribution in [0.2, 0.25) is 5.02 Å². The standard InChI is InChI=1S/C24H32ClFN4O3/c1-16(11-12-27-23(31)15-33-17-9-10-19(25)20(26)13-17)24(32)28-14-22-18-7-5-3-4-6-8-21(18)29-30(22)2/h9-10,13,22,29H,1,3-8,11-12,14-15H2,2H3,(H,27,31)(H,28,32). The first-order valence-corrected chi connectivity index (χ1v) is 11.7. The molecular weight excluding hydrogens is 447 g/mol. The van der Waals surface area contributed by atoms with Crippen LogP contribution in [0.15, 0.2) is 41.6 Å². The molecule has 2 aliphatic rings. The molecule has 1 atom stereocenters. The van der Waals surface area contributed by atoms with Gasteiger partial charge >= 0.3 is 0 Å². The van der Waals surface area contributed by atoms with Crippen molar-refractivity contribution in [3.8, 4) is 5.75 Å². The minimum absolute atomic E-state index is 0.0127. The maximum Gasteiger partial charge on any atom is 0.257 e. The van der Waals surface area contributed by atoms with E-state index in [0.29, 0.717) is 18.5 Å². The third-order valence-corrected chi connectivity index (χ3v) is 6.29. The van der Waals surface area contributed by atoms with E-state index in [-0.39, 0.29) is 41.8 Å². The van der Waals surface area contributed by atoms with Crippen LogP contribution in [0, 0.1) is 5.82 Å². The Morgan fingerprint density at radius 1 is 1.24 bits per heavy atom. The highest BCUT2D eigenvalue weighted by Crippen LogP contribution is 2.30. The third-order valence-electron chi connectivity index (χ3n) is 5.98. The minimum Gasteiger partial charge on any atom is -0.484 e. The number of nitrogens with zero attached hydrogens (tertiary/aromatic N) is 1. The van der Waals surface area contributed by atoms with E-state index in [1.807, 2.05) is 7.05 Å². The van der Waals surface area contributed by atoms with E-state index in [1.165, 1.54) is 49.1 Å². The van der Waals surface area contributed by atoms with Gasteiger partial charge in [0.05, 0.1) is 11.1 Å². The second-order valence-corrected chi connectivity index (χ2v) is 8.84. The molecule has 0 saturated heterocycles. The van der Waals surface area contributed by atoms with Gasteiger partial charge in [0.15, 0.2) is 6.61 Å². The zero-order chi connectivity index (χ0) is 23.8. The predicted molar refractivity (Wildman–Crippen MR) is 126 cm³/mol. The number of benzene rings is 1. The molecular formula is C24H32ClFN4O3. The number of nitrogens with one attached hydrogen (secondary N) is 3. The molecule has 1 aromatic carbocycles. The van der Waals surface area contributed by atoms with Crippen LogP contribution in [0.4, 0.5) is 4.39 Å². The molecule has 1 heterocycles. The highest BCUT2D eigenvalue weighted by atomic mass is 35.5. The van der Waals surface area contributed by atoms with E-state index in [1.54, 1.807) is 0 Å². The molecule has 1 aliphatic carbocycles. The Balaban J connectivity index is 1.36. The van der Waals surface area contributed by atoms with Gasteiger partial charge in [0.25, 0.3) is 5.91 Å². The molecule has 0 fully saturated rings. The Labute approximate surface area is 199 Å². The van der Waals surface area contributed by atoms with Crippen molar-refractivity contribution < 1.29 is 18.7 Å². The largest absolute Gasteiger partial charge is 0.484 e. The molecule has 1 unspecified atom stereocenters. The topological polar surface area (TPSA) is 82.7 Å². The van der Waals surface area contributed by atoms with Crippen molar-refractivity contribution in [2.24, 2.45) is 0 Å². The number of amides is 2. The van der Waals surface area contributed by atoms with Crippen molar-refractivity contribution >= 4 is 23.4 Å². The molecule has 2 amide bonds. The third kappa shape index (κ3) is 7.20. The fraction of sp³-hybridized carbons (Fsp3) is 0.500. The van der Waals surface area contributed by atoms with Gasteiger partial charge in [-0.2, -0.15) is 0 Å². The van der Waals surface area contributed by atoms with E-state index in [2.05, 4.69) is 27.6 Å². The lowest BCUT2D eigenvalue weighted by atomic mass is 9.94. The van der Waals surface area contributed by atoms with Crippen molar-refractivity contribution in [2.75, 3.05) is 26.7 Å². The number of allylic oxidation sites excluding steroid dienone is 1. The van der Waals surface area contributed by atoms with Crippen molar-refractivity contribution in [3.05, 3.63) is 52.5 Å². The Morgan fingerprint density at radius 3 is 2.76 bits per heavy atom. The maximum atomic E-state index is 13.4. The molecule has 9 heteroatoms. The molecule has 3 N–H and O–H groups in total. The first-order valence-electron chi connectivity index (χ1n) is 11.4. The molecule has 0 spiro atoms. The number of ether oxygens (including phenoxy) is 1. The van der Waals surface area contributed by atoms with Crippen LogP contribution in [0.5, 0.6) is 5.75 Å². The SMILES string of the molecule is C=C(CCNC(=O)COc1ccc(Cl)c(F)c1)C(=O)NCC1C2=C(CCCCCC2)NN1C. The van der Waals surface area contributed by atoms with Crippen LogP contribution in [-0.4, -0.2) is 49.6 Å². The van der Waals surface area contributed by atoms with Gasteiger partial charge in [-0.3, -0.25) is 9.59 Å². The van der Waals surface area contributed by atoms with Gasteiger partial charge in [-0.1, -0.05) is 31.0 Å². The summed E-state index contributed by atoms with van der Waals surface area (Å²) in [7, 11) is 2.01. The predicted octanol–water partition coefficient (Wildman–Crippen LogP) is 3.46. The van der Waals surface area contributed by atoms with Crippen molar-refractivity contribution in [1.82, 2.24) is 21.1 Å². The molecule has 1 aliphatic heterocycles. The van der Waals surface area contributed by atoms with Crippen LogP contribution in [-0.2, 0) is 9.59 Å². The van der Waals surface area contributed by atoms with Crippen LogP contribution in [0.25, 0.3) is 0 Å². The quantitative estimate of drug-likeness (QED) is 0.473. The normalized spacial score (nSPS) is 18.6. The average molecular weight is 479 g/mol. The lowest BCUT2D eigenvalue weighted by Gasteiger charge is -2.23. The lowest BCUT2D eigenvalue weighted by Crippen LogP contribution is -2.44. The Kier molecular flexibility index (Phi) is 9.14. The maximum absolute atomic E-state index is 13.4. The van der Waals surface area contributed by atoms with Gasteiger partial charge in [0, 0.05) is 37.5 Å². The molecule has 180 valence electrons. The van der Waals surface area contributed by atoms with E-state index < -0.39 is 5.82 Å². The molecule has 0 aromatic heterocycles. The molecule has 3 rings (SSSR count). The van der Waals surface area contributed by atoms with Crippen LogP contribution >= 0.6 is 11.6 Å². The van der Waals surface area contributed by atoms with Crippen molar-refractivity contribution in [3.63, 3.8) is 0 Å². The van der Waals surface area contributed by atoms with Gasteiger partial charge in [-0.25, -0.2) is 9.40 Å². The molecule has 0 saturated carbocycles. The van der Waals surface area contributed by atoms with Gasteiger partial charge in [-0.15, -0.1) is 0 Å². The summed E-state index contributed by atoms with van der Waals surface area (Å²) in [5.41, 5.74) is 6.56. The number of halogens is 2. The molecule has 0 radical (unpaired) electrons. The van der Waals surface area contributed by atoms with Gasteiger partial charge in [0.1, 0.15) is 11.6 Å². The highest BCUT2D eigenvalue weighted by Gasteiger charge is 2.30. The van der Waals surface area contributed by atoms with Crippen molar-refractivity contribution in [1.29, 1.82) is 0 Å². The molecule has 33 heavy (non-hydrogen) atoms. The summed E-state index contributed by atoms with van der Waals surface area (Å²) in [5, 5.41) is 7.71. The number of hydrazine groups is 1. The summed E-state index contributed by atoms with van der Waals surface area (Å²) >= 11 is 5.62. The number of hydrogen-bond donors (Lipinski definition) is 3. The Morgan fingerprint density at radius 2 is 2.00 bits per heavy atom. The molecule has 7 nitrogen and oxygen atoms in total. The number of likely N-dealkylation sites (N-methyl/N-ethyl adjacent to an activating group) is 1. The summed E-state index contributed by atoms with van der Waals surface area (Å²) < 4.78 is 18.6. The van der Waals surface area contributed by atoms with Crippen molar-refractivity contribution in [2.45, 2.75) is 51.0 Å². The van der Waals surface area contributed by atoms with Gasteiger partial charge < -0.3 is 20.8 Å². The Hall–Kier alpha value is -2.58. The fourth-order valence-corrected chi connectivity index (χ4v) is 4.23. The average Bonchev–Trinajstić information content (AvgIpc) is 3.06. The van der Waals surface area contributed by atoms with Gasteiger partial charge in [0.2, 0.25) is 5.91 Å². The van der Waals surface area contributed by atoms with Crippen LogP contribution in [0.3, 0.4) is 0 Å².